The lowest BCUT2D eigenvalue weighted by molar-refractivity contribution is -0.142. The minimum Gasteiger partial charge on any atom is -0.343 e. The van der Waals surface area contributed by atoms with Gasteiger partial charge < -0.3 is 14.5 Å². The molecule has 26 heavy (non-hydrogen) atoms. The van der Waals surface area contributed by atoms with Crippen LogP contribution in [0.3, 0.4) is 0 Å². The van der Waals surface area contributed by atoms with Crippen molar-refractivity contribution < 1.29 is 14.3 Å². The first-order valence-corrected chi connectivity index (χ1v) is 8.98. The van der Waals surface area contributed by atoms with Crippen LogP contribution in [0.1, 0.15) is 30.2 Å². The van der Waals surface area contributed by atoms with E-state index in [-0.39, 0.29) is 30.4 Å². The monoisotopic (exact) mass is 352 g/mol. The van der Waals surface area contributed by atoms with E-state index in [1.54, 1.807) is 12.3 Å². The van der Waals surface area contributed by atoms with Crippen molar-refractivity contribution in [2.24, 2.45) is 0 Å². The Balaban J connectivity index is 1.40. The van der Waals surface area contributed by atoms with Crippen LogP contribution in [-0.4, -0.2) is 56.7 Å². The van der Waals surface area contributed by atoms with Crippen LogP contribution in [0.4, 0.5) is 0 Å². The number of rotatable bonds is 3. The Kier molecular flexibility index (Phi) is 3.40. The first-order valence-electron chi connectivity index (χ1n) is 8.98. The number of nitrogens with zero attached hydrogens (tertiary/aromatic N) is 3. The fourth-order valence-corrected chi connectivity index (χ4v) is 4.61. The first kappa shape index (κ1) is 15.6. The molecular formula is C19H20N4O3. The molecule has 1 spiro atoms. The van der Waals surface area contributed by atoms with Gasteiger partial charge in [-0.05, 0) is 11.6 Å². The van der Waals surface area contributed by atoms with Crippen LogP contribution in [0.15, 0.2) is 42.6 Å². The summed E-state index contributed by atoms with van der Waals surface area (Å²) in [6, 6.07) is 11.6. The zero-order valence-electron chi connectivity index (χ0n) is 14.3. The van der Waals surface area contributed by atoms with Crippen molar-refractivity contribution in [3.8, 4) is 0 Å². The maximum Gasteiger partial charge on any atom is 0.228 e. The van der Waals surface area contributed by atoms with Crippen molar-refractivity contribution in [2.45, 2.75) is 37.1 Å². The number of carbonyl (C=O) groups excluding carboxylic acids is 2. The molecule has 3 saturated heterocycles. The predicted octanol–water partition coefficient (Wildman–Crippen LogP) is 1.25. The van der Waals surface area contributed by atoms with Gasteiger partial charge in [0.15, 0.2) is 5.72 Å². The summed E-state index contributed by atoms with van der Waals surface area (Å²) in [5.41, 5.74) is 1.19. The molecule has 134 valence electrons. The molecule has 3 fully saturated rings. The summed E-state index contributed by atoms with van der Waals surface area (Å²) in [6.07, 6.45) is 2.78. The van der Waals surface area contributed by atoms with Crippen LogP contribution in [0.5, 0.6) is 0 Å². The van der Waals surface area contributed by atoms with Gasteiger partial charge in [-0.15, -0.1) is 0 Å². The van der Waals surface area contributed by atoms with Gasteiger partial charge in [0.1, 0.15) is 6.10 Å². The van der Waals surface area contributed by atoms with E-state index in [9.17, 15) is 9.59 Å². The molecule has 1 aromatic carbocycles. The molecule has 7 nitrogen and oxygen atoms in total. The van der Waals surface area contributed by atoms with Crippen molar-refractivity contribution in [1.29, 1.82) is 0 Å². The molecular weight excluding hydrogens is 332 g/mol. The number of aromatic nitrogens is 2. The van der Waals surface area contributed by atoms with Crippen molar-refractivity contribution in [3.05, 3.63) is 53.9 Å². The van der Waals surface area contributed by atoms with Gasteiger partial charge >= 0.3 is 0 Å². The molecule has 1 N–H and O–H groups in total. The standard InChI is InChI=1S/C19H20N4O3/c24-17(10-14-6-8-20-21-14)22-9-7-19-16(22)11-18(25)23(19)12-15(26-19)13-4-2-1-3-5-13/h1-6,8,15-16H,7,9-12H2,(H,20,21)/t15-,16+,19-/m0/s1. The fourth-order valence-electron chi connectivity index (χ4n) is 4.61. The molecule has 0 saturated carbocycles. The molecule has 3 aliphatic heterocycles. The third kappa shape index (κ3) is 2.20. The van der Waals surface area contributed by atoms with E-state index in [0.29, 0.717) is 25.9 Å². The average Bonchev–Trinajstić information content (AvgIpc) is 3.39. The molecule has 2 amide bonds. The number of H-pyrrole nitrogens is 1. The number of likely N-dealkylation sites (tertiary alicyclic amines) is 1. The van der Waals surface area contributed by atoms with Crippen molar-refractivity contribution in [3.63, 3.8) is 0 Å². The van der Waals surface area contributed by atoms with Gasteiger partial charge in [-0.2, -0.15) is 5.10 Å². The molecule has 4 heterocycles. The quantitative estimate of drug-likeness (QED) is 0.902. The normalized spacial score (nSPS) is 29.9. The molecule has 3 aliphatic rings. The zero-order valence-corrected chi connectivity index (χ0v) is 14.3. The third-order valence-electron chi connectivity index (χ3n) is 5.82. The Morgan fingerprint density at radius 2 is 2.15 bits per heavy atom. The molecule has 0 unspecified atom stereocenters. The Morgan fingerprint density at radius 1 is 1.31 bits per heavy atom. The Hall–Kier alpha value is -2.67. The van der Waals surface area contributed by atoms with Gasteiger partial charge in [0, 0.05) is 24.9 Å². The number of nitrogens with one attached hydrogen (secondary N) is 1. The molecule has 0 bridgehead atoms. The second-order valence-corrected chi connectivity index (χ2v) is 7.18. The number of hydrogen-bond acceptors (Lipinski definition) is 4. The lowest BCUT2D eigenvalue weighted by Gasteiger charge is -2.32. The summed E-state index contributed by atoms with van der Waals surface area (Å²) in [5, 5.41) is 6.72. The van der Waals surface area contributed by atoms with E-state index in [1.807, 2.05) is 40.1 Å². The fraction of sp³-hybridized carbons (Fsp3) is 0.421. The molecule has 0 radical (unpaired) electrons. The summed E-state index contributed by atoms with van der Waals surface area (Å²) in [6.45, 7) is 1.17. The summed E-state index contributed by atoms with van der Waals surface area (Å²) >= 11 is 0. The first-order chi connectivity index (χ1) is 12.7. The number of carbonyl (C=O) groups is 2. The van der Waals surface area contributed by atoms with Crippen LogP contribution in [-0.2, 0) is 20.7 Å². The van der Waals surface area contributed by atoms with Crippen LogP contribution in [0.25, 0.3) is 0 Å². The minimum atomic E-state index is -0.665. The van der Waals surface area contributed by atoms with Gasteiger partial charge in [-0.1, -0.05) is 30.3 Å². The van der Waals surface area contributed by atoms with Gasteiger partial charge in [0.25, 0.3) is 0 Å². The number of aromatic amines is 1. The molecule has 7 heteroatoms. The number of benzene rings is 1. The molecule has 5 rings (SSSR count). The van der Waals surface area contributed by atoms with Crippen molar-refractivity contribution in [1.82, 2.24) is 20.0 Å². The van der Waals surface area contributed by atoms with Gasteiger partial charge in [-0.3, -0.25) is 14.7 Å². The minimum absolute atomic E-state index is 0.0116. The number of ether oxygens (including phenoxy) is 1. The molecule has 0 aliphatic carbocycles. The second-order valence-electron chi connectivity index (χ2n) is 7.18. The summed E-state index contributed by atoms with van der Waals surface area (Å²) in [4.78, 5) is 29.1. The van der Waals surface area contributed by atoms with E-state index >= 15 is 0 Å². The van der Waals surface area contributed by atoms with E-state index in [0.717, 1.165) is 11.3 Å². The predicted molar refractivity (Wildman–Crippen MR) is 91.7 cm³/mol. The number of hydrogen-bond donors (Lipinski definition) is 1. The topological polar surface area (TPSA) is 78.5 Å². The van der Waals surface area contributed by atoms with Crippen molar-refractivity contribution >= 4 is 11.8 Å². The maximum atomic E-state index is 12.8. The van der Waals surface area contributed by atoms with Crippen molar-refractivity contribution in [2.75, 3.05) is 13.1 Å². The highest BCUT2D eigenvalue weighted by Gasteiger charge is 2.64. The summed E-state index contributed by atoms with van der Waals surface area (Å²) in [7, 11) is 0. The third-order valence-corrected chi connectivity index (χ3v) is 5.82. The van der Waals surface area contributed by atoms with E-state index in [4.69, 9.17) is 4.74 Å². The summed E-state index contributed by atoms with van der Waals surface area (Å²) < 4.78 is 6.46. The average molecular weight is 352 g/mol. The van der Waals surface area contributed by atoms with E-state index < -0.39 is 5.72 Å². The Morgan fingerprint density at radius 3 is 2.92 bits per heavy atom. The highest BCUT2D eigenvalue weighted by atomic mass is 16.5. The summed E-state index contributed by atoms with van der Waals surface area (Å²) in [5.74, 6) is 0.0880. The largest absolute Gasteiger partial charge is 0.343 e. The lowest BCUT2D eigenvalue weighted by Crippen LogP contribution is -2.49. The maximum absolute atomic E-state index is 12.8. The zero-order chi connectivity index (χ0) is 17.7. The van der Waals surface area contributed by atoms with Gasteiger partial charge in [-0.25, -0.2) is 0 Å². The lowest BCUT2D eigenvalue weighted by atomic mass is 10.1. The molecule has 2 aromatic rings. The van der Waals surface area contributed by atoms with Gasteiger partial charge in [0.2, 0.25) is 11.8 Å². The van der Waals surface area contributed by atoms with Crippen LogP contribution >= 0.6 is 0 Å². The van der Waals surface area contributed by atoms with Crippen LogP contribution in [0, 0.1) is 0 Å². The van der Waals surface area contributed by atoms with Crippen LogP contribution < -0.4 is 0 Å². The van der Waals surface area contributed by atoms with E-state index in [1.165, 1.54) is 0 Å². The smallest absolute Gasteiger partial charge is 0.228 e. The molecule has 1 aromatic heterocycles. The Labute approximate surface area is 150 Å². The highest BCUT2D eigenvalue weighted by molar-refractivity contribution is 5.85. The second kappa shape index (κ2) is 5.67. The van der Waals surface area contributed by atoms with E-state index in [2.05, 4.69) is 10.2 Å². The SMILES string of the molecule is O=C(Cc1ccn[nH]1)N1CC[C@@]23O[C@H](c4ccccc4)CN2C(=O)C[C@@H]13. The van der Waals surface area contributed by atoms with Gasteiger partial charge in [0.05, 0.1) is 25.4 Å². The van der Waals surface area contributed by atoms with Crippen LogP contribution in [0.2, 0.25) is 0 Å². The number of amides is 2. The molecule has 3 atom stereocenters. The highest BCUT2D eigenvalue weighted by Crippen LogP contribution is 2.50. The Bertz CT molecular complexity index is 838.